The van der Waals surface area contributed by atoms with Gasteiger partial charge in [0.1, 0.15) is 5.82 Å². The summed E-state index contributed by atoms with van der Waals surface area (Å²) in [6, 6.07) is 7.72. The van der Waals surface area contributed by atoms with Crippen LogP contribution in [0.15, 0.2) is 53.9 Å². The molecule has 0 atom stereocenters. The van der Waals surface area contributed by atoms with Crippen LogP contribution in [0.5, 0.6) is 0 Å². The number of aromatic nitrogens is 3. The maximum absolute atomic E-state index is 12.9. The SMILES string of the molecule is CC(C)Sc1ncc2c(n1)CCN(c1cc(C(=O)Nc3cccc(C(F)(F)F)c3)ccn1)C2. The van der Waals surface area contributed by atoms with Crippen molar-refractivity contribution in [3.63, 3.8) is 0 Å². The molecule has 0 saturated carbocycles. The molecular formula is C23H22F3N5OS. The maximum atomic E-state index is 12.9. The van der Waals surface area contributed by atoms with E-state index in [1.165, 1.54) is 24.4 Å². The first-order valence-electron chi connectivity index (χ1n) is 10.4. The summed E-state index contributed by atoms with van der Waals surface area (Å²) in [5.41, 5.74) is 1.59. The van der Waals surface area contributed by atoms with Gasteiger partial charge in [-0.05, 0) is 30.3 Å². The first kappa shape index (κ1) is 23.0. The van der Waals surface area contributed by atoms with E-state index in [1.807, 2.05) is 11.1 Å². The second-order valence-electron chi connectivity index (χ2n) is 7.90. The predicted molar refractivity (Wildman–Crippen MR) is 121 cm³/mol. The molecule has 1 aromatic carbocycles. The zero-order chi connectivity index (χ0) is 23.6. The molecule has 3 aromatic rings. The molecule has 0 spiro atoms. The summed E-state index contributed by atoms with van der Waals surface area (Å²) in [4.78, 5) is 28.2. The molecule has 172 valence electrons. The van der Waals surface area contributed by atoms with Gasteiger partial charge in [0.25, 0.3) is 5.91 Å². The van der Waals surface area contributed by atoms with E-state index in [9.17, 15) is 18.0 Å². The van der Waals surface area contributed by atoms with E-state index >= 15 is 0 Å². The minimum Gasteiger partial charge on any atom is -0.352 e. The highest BCUT2D eigenvalue weighted by Crippen LogP contribution is 2.31. The highest BCUT2D eigenvalue weighted by Gasteiger charge is 2.30. The third-order valence-electron chi connectivity index (χ3n) is 5.03. The average molecular weight is 474 g/mol. The minimum atomic E-state index is -4.48. The van der Waals surface area contributed by atoms with Crippen LogP contribution in [0.25, 0.3) is 0 Å². The van der Waals surface area contributed by atoms with Crippen molar-refractivity contribution in [1.29, 1.82) is 0 Å². The summed E-state index contributed by atoms with van der Waals surface area (Å²) in [6.45, 7) is 5.43. The monoisotopic (exact) mass is 473 g/mol. The van der Waals surface area contributed by atoms with Gasteiger partial charge in [0.2, 0.25) is 0 Å². The lowest BCUT2D eigenvalue weighted by Gasteiger charge is -2.29. The second kappa shape index (κ2) is 9.38. The fraction of sp³-hybridized carbons (Fsp3) is 0.304. The van der Waals surface area contributed by atoms with E-state index in [4.69, 9.17) is 0 Å². The number of hydrogen-bond acceptors (Lipinski definition) is 6. The molecule has 0 unspecified atom stereocenters. The van der Waals surface area contributed by atoms with Crippen LogP contribution >= 0.6 is 11.8 Å². The molecule has 2 aromatic heterocycles. The van der Waals surface area contributed by atoms with E-state index in [2.05, 4.69) is 34.1 Å². The molecule has 1 aliphatic heterocycles. The number of alkyl halides is 3. The van der Waals surface area contributed by atoms with Crippen LogP contribution in [0, 0.1) is 0 Å². The van der Waals surface area contributed by atoms with Gasteiger partial charge in [0.05, 0.1) is 11.3 Å². The number of nitrogens with zero attached hydrogens (tertiary/aromatic N) is 4. The van der Waals surface area contributed by atoms with Gasteiger partial charge < -0.3 is 10.2 Å². The largest absolute Gasteiger partial charge is 0.416 e. The van der Waals surface area contributed by atoms with Gasteiger partial charge >= 0.3 is 6.18 Å². The number of benzene rings is 1. The third kappa shape index (κ3) is 5.62. The van der Waals surface area contributed by atoms with Crippen molar-refractivity contribution in [3.8, 4) is 0 Å². The van der Waals surface area contributed by atoms with Gasteiger partial charge in [-0.15, -0.1) is 0 Å². The Bertz CT molecular complexity index is 1170. The highest BCUT2D eigenvalue weighted by atomic mass is 32.2. The van der Waals surface area contributed by atoms with Crippen molar-refractivity contribution in [2.24, 2.45) is 0 Å². The van der Waals surface area contributed by atoms with Crippen molar-refractivity contribution in [2.75, 3.05) is 16.8 Å². The quantitative estimate of drug-likeness (QED) is 0.405. The second-order valence-corrected chi connectivity index (χ2v) is 9.44. The van der Waals surface area contributed by atoms with Crippen LogP contribution < -0.4 is 10.2 Å². The molecule has 3 heterocycles. The Balaban J connectivity index is 1.48. The minimum absolute atomic E-state index is 0.0762. The number of nitrogens with one attached hydrogen (secondary N) is 1. The van der Waals surface area contributed by atoms with E-state index < -0.39 is 17.6 Å². The predicted octanol–water partition coefficient (Wildman–Crippen LogP) is 5.21. The number of rotatable bonds is 5. The van der Waals surface area contributed by atoms with E-state index in [0.29, 0.717) is 29.7 Å². The standard InChI is InChI=1S/C23H22F3N5OS/c1-14(2)33-22-28-12-16-13-31(9-7-19(16)30-22)20-10-15(6-8-27-20)21(32)29-18-5-3-4-17(11-18)23(24,25)26/h3-6,8,10-12,14H,7,9,13H2,1-2H3,(H,29,32). The lowest BCUT2D eigenvalue weighted by molar-refractivity contribution is -0.137. The number of thioether (sulfide) groups is 1. The Morgan fingerprint density at radius 3 is 2.76 bits per heavy atom. The smallest absolute Gasteiger partial charge is 0.352 e. The Morgan fingerprint density at radius 1 is 1.18 bits per heavy atom. The summed E-state index contributed by atoms with van der Waals surface area (Å²) >= 11 is 1.62. The Hall–Kier alpha value is -3.14. The summed E-state index contributed by atoms with van der Waals surface area (Å²) in [7, 11) is 0. The number of fused-ring (bicyclic) bond motifs is 1. The number of carbonyl (C=O) groups is 1. The zero-order valence-corrected chi connectivity index (χ0v) is 18.9. The van der Waals surface area contributed by atoms with Crippen molar-refractivity contribution in [3.05, 3.63) is 71.2 Å². The van der Waals surface area contributed by atoms with Gasteiger partial charge in [-0.2, -0.15) is 13.2 Å². The number of hydrogen-bond donors (Lipinski definition) is 1. The molecular weight excluding hydrogens is 451 g/mol. The molecule has 0 radical (unpaired) electrons. The molecule has 4 rings (SSSR count). The van der Waals surface area contributed by atoms with Gasteiger partial charge in [0.15, 0.2) is 5.16 Å². The highest BCUT2D eigenvalue weighted by molar-refractivity contribution is 7.99. The van der Waals surface area contributed by atoms with Crippen LogP contribution in [-0.2, 0) is 19.1 Å². The van der Waals surface area contributed by atoms with Crippen LogP contribution in [0.3, 0.4) is 0 Å². The first-order chi connectivity index (χ1) is 15.7. The number of carbonyl (C=O) groups excluding carboxylic acids is 1. The fourth-order valence-corrected chi connectivity index (χ4v) is 4.17. The fourth-order valence-electron chi connectivity index (χ4n) is 3.47. The van der Waals surface area contributed by atoms with Crippen molar-refractivity contribution < 1.29 is 18.0 Å². The van der Waals surface area contributed by atoms with Crippen molar-refractivity contribution >= 4 is 29.2 Å². The topological polar surface area (TPSA) is 71.0 Å². The molecule has 1 aliphatic rings. The summed E-state index contributed by atoms with van der Waals surface area (Å²) in [5.74, 6) is 0.104. The van der Waals surface area contributed by atoms with E-state index in [0.717, 1.165) is 35.0 Å². The molecule has 10 heteroatoms. The average Bonchev–Trinajstić information content (AvgIpc) is 2.78. The summed E-state index contributed by atoms with van der Waals surface area (Å²) in [6.07, 6.45) is -0.396. The summed E-state index contributed by atoms with van der Waals surface area (Å²) < 4.78 is 38.8. The first-order valence-corrected chi connectivity index (χ1v) is 11.3. The van der Waals surface area contributed by atoms with Crippen molar-refractivity contribution in [2.45, 2.75) is 43.4 Å². The Kier molecular flexibility index (Phi) is 6.55. The Labute approximate surface area is 193 Å². The molecule has 0 aliphatic carbocycles. The number of pyridine rings is 1. The Morgan fingerprint density at radius 2 is 2.00 bits per heavy atom. The maximum Gasteiger partial charge on any atom is 0.416 e. The number of halogens is 3. The molecule has 1 N–H and O–H groups in total. The molecule has 0 fully saturated rings. The molecule has 33 heavy (non-hydrogen) atoms. The molecule has 0 saturated heterocycles. The van der Waals surface area contributed by atoms with Crippen molar-refractivity contribution in [1.82, 2.24) is 15.0 Å². The van der Waals surface area contributed by atoms with Crippen LogP contribution in [0.2, 0.25) is 0 Å². The van der Waals surface area contributed by atoms with Gasteiger partial charge in [-0.25, -0.2) is 15.0 Å². The number of anilines is 2. The number of amides is 1. The molecule has 1 amide bonds. The summed E-state index contributed by atoms with van der Waals surface area (Å²) in [5, 5.41) is 3.70. The normalized spacial score (nSPS) is 13.7. The van der Waals surface area contributed by atoms with Crippen LogP contribution in [0.4, 0.5) is 24.7 Å². The van der Waals surface area contributed by atoms with Crippen LogP contribution in [0.1, 0.15) is 41.0 Å². The third-order valence-corrected chi connectivity index (χ3v) is 5.91. The lowest BCUT2D eigenvalue weighted by atomic mass is 10.1. The van der Waals surface area contributed by atoms with E-state index in [1.54, 1.807) is 17.8 Å². The lowest BCUT2D eigenvalue weighted by Crippen LogP contribution is -2.32. The molecule has 6 nitrogen and oxygen atoms in total. The van der Waals surface area contributed by atoms with Crippen LogP contribution in [-0.4, -0.2) is 32.7 Å². The zero-order valence-electron chi connectivity index (χ0n) is 18.1. The van der Waals surface area contributed by atoms with Gasteiger partial charge in [-0.1, -0.05) is 31.7 Å². The van der Waals surface area contributed by atoms with E-state index in [-0.39, 0.29) is 5.69 Å². The van der Waals surface area contributed by atoms with Gasteiger partial charge in [-0.3, -0.25) is 4.79 Å². The van der Waals surface area contributed by atoms with Gasteiger partial charge in [0, 0.05) is 54.0 Å². The molecule has 0 bridgehead atoms.